The minimum Gasteiger partial charge on any atom is -0.494 e. The van der Waals surface area contributed by atoms with E-state index in [9.17, 15) is 9.90 Å². The summed E-state index contributed by atoms with van der Waals surface area (Å²) < 4.78 is 5.53. The average Bonchev–Trinajstić information content (AvgIpc) is 2.91. The highest BCUT2D eigenvalue weighted by molar-refractivity contribution is 5.76. The Hall–Kier alpha value is -1.51. The molecular weight excluding hydrogens is 240 g/mol. The van der Waals surface area contributed by atoms with Crippen LogP contribution in [0.25, 0.3) is 0 Å². The number of hydrogen-bond donors (Lipinski definition) is 1. The molecule has 3 heteroatoms. The van der Waals surface area contributed by atoms with E-state index < -0.39 is 5.97 Å². The van der Waals surface area contributed by atoms with Gasteiger partial charge < -0.3 is 9.84 Å². The Labute approximate surface area is 114 Å². The number of carboxylic acid groups (broad SMARTS) is 1. The van der Waals surface area contributed by atoms with Crippen LogP contribution in [-0.4, -0.2) is 17.7 Å². The van der Waals surface area contributed by atoms with Gasteiger partial charge in [0.1, 0.15) is 5.75 Å². The van der Waals surface area contributed by atoms with Gasteiger partial charge in [0.2, 0.25) is 0 Å². The van der Waals surface area contributed by atoms with Crippen LogP contribution in [-0.2, 0) is 4.79 Å². The molecule has 19 heavy (non-hydrogen) atoms. The molecule has 1 aromatic rings. The number of carbonyl (C=O) groups is 1. The highest BCUT2D eigenvalue weighted by Crippen LogP contribution is 2.37. The summed E-state index contributed by atoms with van der Waals surface area (Å²) in [7, 11) is 0. The molecule has 0 saturated heterocycles. The molecule has 0 heterocycles. The molecule has 1 atom stereocenters. The number of hydrogen-bond acceptors (Lipinski definition) is 2. The zero-order valence-corrected chi connectivity index (χ0v) is 11.5. The van der Waals surface area contributed by atoms with Crippen molar-refractivity contribution in [2.24, 2.45) is 5.92 Å². The lowest BCUT2D eigenvalue weighted by molar-refractivity contribution is -0.140. The van der Waals surface area contributed by atoms with Crippen molar-refractivity contribution in [3.63, 3.8) is 0 Å². The van der Waals surface area contributed by atoms with Gasteiger partial charge in [0.05, 0.1) is 12.5 Å². The lowest BCUT2D eigenvalue weighted by atomic mass is 9.85. The lowest BCUT2D eigenvalue weighted by Crippen LogP contribution is -2.19. The quantitative estimate of drug-likeness (QED) is 0.847. The van der Waals surface area contributed by atoms with Crippen LogP contribution in [0.5, 0.6) is 5.75 Å². The lowest BCUT2D eigenvalue weighted by Gasteiger charge is -2.19. The topological polar surface area (TPSA) is 46.5 Å². The summed E-state index contributed by atoms with van der Waals surface area (Å²) >= 11 is 0. The van der Waals surface area contributed by atoms with Crippen LogP contribution in [0.4, 0.5) is 0 Å². The second-order valence-corrected chi connectivity index (χ2v) is 5.28. The summed E-state index contributed by atoms with van der Waals surface area (Å²) in [5.41, 5.74) is 0.906. The Kier molecular flexibility index (Phi) is 4.83. The summed E-state index contributed by atoms with van der Waals surface area (Å²) in [5, 5.41) is 9.47. The first-order valence-electron chi connectivity index (χ1n) is 7.18. The number of rotatable bonds is 6. The second kappa shape index (κ2) is 6.60. The third-order valence-corrected chi connectivity index (χ3v) is 3.85. The summed E-state index contributed by atoms with van der Waals surface area (Å²) in [6.07, 6.45) is 5.36. The molecule has 1 aromatic carbocycles. The van der Waals surface area contributed by atoms with Gasteiger partial charge >= 0.3 is 5.97 Å². The van der Waals surface area contributed by atoms with Gasteiger partial charge in [-0.05, 0) is 42.9 Å². The molecule has 1 aliphatic rings. The second-order valence-electron chi connectivity index (χ2n) is 5.28. The molecule has 1 aliphatic carbocycles. The van der Waals surface area contributed by atoms with E-state index in [4.69, 9.17) is 4.74 Å². The largest absolute Gasteiger partial charge is 0.494 e. The number of benzene rings is 1. The fourth-order valence-corrected chi connectivity index (χ4v) is 2.90. The SMILES string of the molecule is CCCOc1ccc(C(C(=O)O)C2CCCC2)cc1. The Bertz CT molecular complexity index is 405. The van der Waals surface area contributed by atoms with Crippen molar-refractivity contribution in [3.05, 3.63) is 29.8 Å². The van der Waals surface area contributed by atoms with E-state index in [0.29, 0.717) is 12.5 Å². The van der Waals surface area contributed by atoms with Crippen LogP contribution in [0.15, 0.2) is 24.3 Å². The van der Waals surface area contributed by atoms with Gasteiger partial charge in [-0.15, -0.1) is 0 Å². The molecule has 0 amide bonds. The average molecular weight is 262 g/mol. The Morgan fingerprint density at radius 1 is 1.32 bits per heavy atom. The van der Waals surface area contributed by atoms with Gasteiger partial charge in [-0.3, -0.25) is 4.79 Å². The van der Waals surface area contributed by atoms with E-state index in [-0.39, 0.29) is 5.92 Å². The van der Waals surface area contributed by atoms with Crippen molar-refractivity contribution in [1.29, 1.82) is 0 Å². The summed E-state index contributed by atoms with van der Waals surface area (Å²) in [6.45, 7) is 2.76. The molecule has 1 unspecified atom stereocenters. The molecule has 2 rings (SSSR count). The van der Waals surface area contributed by atoms with Gasteiger partial charge in [-0.1, -0.05) is 31.9 Å². The fourth-order valence-electron chi connectivity index (χ4n) is 2.90. The monoisotopic (exact) mass is 262 g/mol. The van der Waals surface area contributed by atoms with Crippen molar-refractivity contribution in [2.45, 2.75) is 44.9 Å². The number of ether oxygens (including phenoxy) is 1. The van der Waals surface area contributed by atoms with E-state index in [1.54, 1.807) is 0 Å². The molecule has 0 aliphatic heterocycles. The van der Waals surface area contributed by atoms with Gasteiger partial charge in [-0.2, -0.15) is 0 Å². The molecule has 0 radical (unpaired) electrons. The van der Waals surface area contributed by atoms with Gasteiger partial charge in [0, 0.05) is 0 Å². The molecule has 0 spiro atoms. The van der Waals surface area contributed by atoms with E-state index >= 15 is 0 Å². The Balaban J connectivity index is 2.10. The molecule has 0 bridgehead atoms. The van der Waals surface area contributed by atoms with Crippen molar-refractivity contribution in [2.75, 3.05) is 6.61 Å². The van der Waals surface area contributed by atoms with Crippen molar-refractivity contribution in [1.82, 2.24) is 0 Å². The van der Waals surface area contributed by atoms with E-state index in [1.807, 2.05) is 24.3 Å². The predicted molar refractivity (Wildman–Crippen MR) is 74.6 cm³/mol. The maximum atomic E-state index is 11.5. The molecule has 3 nitrogen and oxygen atoms in total. The fraction of sp³-hybridized carbons (Fsp3) is 0.562. The van der Waals surface area contributed by atoms with Crippen molar-refractivity contribution >= 4 is 5.97 Å². The van der Waals surface area contributed by atoms with Crippen LogP contribution in [0.1, 0.15) is 50.5 Å². The Morgan fingerprint density at radius 2 is 1.95 bits per heavy atom. The minimum absolute atomic E-state index is 0.292. The van der Waals surface area contributed by atoms with E-state index in [1.165, 1.54) is 0 Å². The molecular formula is C16H22O3. The van der Waals surface area contributed by atoms with Gasteiger partial charge in [-0.25, -0.2) is 0 Å². The van der Waals surface area contributed by atoms with Crippen LogP contribution in [0, 0.1) is 5.92 Å². The maximum Gasteiger partial charge on any atom is 0.311 e. The number of carboxylic acids is 1. The molecule has 1 fully saturated rings. The first-order chi connectivity index (χ1) is 9.22. The van der Waals surface area contributed by atoms with Crippen LogP contribution < -0.4 is 4.74 Å². The van der Waals surface area contributed by atoms with E-state index in [2.05, 4.69) is 6.92 Å². The number of aliphatic carboxylic acids is 1. The van der Waals surface area contributed by atoms with Gasteiger partial charge in [0.25, 0.3) is 0 Å². The highest BCUT2D eigenvalue weighted by Gasteiger charge is 2.31. The summed E-state index contributed by atoms with van der Waals surface area (Å²) in [6, 6.07) is 7.58. The van der Waals surface area contributed by atoms with Crippen LogP contribution in [0.2, 0.25) is 0 Å². The first-order valence-corrected chi connectivity index (χ1v) is 7.18. The Morgan fingerprint density at radius 3 is 2.47 bits per heavy atom. The van der Waals surface area contributed by atoms with Gasteiger partial charge in [0.15, 0.2) is 0 Å². The highest BCUT2D eigenvalue weighted by atomic mass is 16.5. The first kappa shape index (κ1) is 13.9. The predicted octanol–water partition coefficient (Wildman–Crippen LogP) is 3.83. The standard InChI is InChI=1S/C16H22O3/c1-2-11-19-14-9-7-13(8-10-14)15(16(17)18)12-5-3-4-6-12/h7-10,12,15H,2-6,11H2,1H3,(H,17,18). The normalized spacial score (nSPS) is 17.3. The minimum atomic E-state index is -0.700. The molecule has 0 aromatic heterocycles. The van der Waals surface area contributed by atoms with Crippen LogP contribution >= 0.6 is 0 Å². The van der Waals surface area contributed by atoms with Crippen molar-refractivity contribution < 1.29 is 14.6 Å². The zero-order valence-electron chi connectivity index (χ0n) is 11.5. The molecule has 104 valence electrons. The van der Waals surface area contributed by atoms with E-state index in [0.717, 1.165) is 43.4 Å². The molecule has 1 N–H and O–H groups in total. The third-order valence-electron chi connectivity index (χ3n) is 3.85. The maximum absolute atomic E-state index is 11.5. The van der Waals surface area contributed by atoms with Crippen LogP contribution in [0.3, 0.4) is 0 Å². The summed E-state index contributed by atoms with van der Waals surface area (Å²) in [4.78, 5) is 11.5. The molecule has 1 saturated carbocycles. The smallest absolute Gasteiger partial charge is 0.311 e. The zero-order chi connectivity index (χ0) is 13.7. The van der Waals surface area contributed by atoms with Crippen molar-refractivity contribution in [3.8, 4) is 5.75 Å². The summed E-state index contributed by atoms with van der Waals surface area (Å²) in [5.74, 6) is 0.0536. The third kappa shape index (κ3) is 3.49.